The van der Waals surface area contributed by atoms with Crippen LogP contribution in [-0.4, -0.2) is 24.8 Å². The lowest BCUT2D eigenvalue weighted by molar-refractivity contribution is 0.169. The lowest BCUT2D eigenvalue weighted by Crippen LogP contribution is -2.30. The summed E-state index contributed by atoms with van der Waals surface area (Å²) in [6.45, 7) is 4.88. The average Bonchev–Trinajstić information content (AvgIpc) is 2.36. The van der Waals surface area contributed by atoms with Crippen LogP contribution in [0.15, 0.2) is 24.3 Å². The van der Waals surface area contributed by atoms with E-state index >= 15 is 0 Å². The molecule has 96 valence electrons. The summed E-state index contributed by atoms with van der Waals surface area (Å²) < 4.78 is 5.14. The Morgan fingerprint density at radius 3 is 2.82 bits per heavy atom. The molecule has 0 bridgehead atoms. The highest BCUT2D eigenvalue weighted by Gasteiger charge is 2.09. The molecule has 0 spiro atoms. The SMILES string of the molecule is CCCC(C)NCC(O)c1cccc(OC)c1. The maximum Gasteiger partial charge on any atom is 0.119 e. The fourth-order valence-corrected chi connectivity index (χ4v) is 1.81. The molecule has 1 rings (SSSR count). The molecule has 0 aromatic heterocycles. The number of hydrogen-bond acceptors (Lipinski definition) is 3. The first-order chi connectivity index (χ1) is 8.17. The highest BCUT2D eigenvalue weighted by molar-refractivity contribution is 5.29. The molecule has 2 unspecified atom stereocenters. The van der Waals surface area contributed by atoms with Gasteiger partial charge >= 0.3 is 0 Å². The number of hydrogen-bond donors (Lipinski definition) is 2. The average molecular weight is 237 g/mol. The Morgan fingerprint density at radius 2 is 2.18 bits per heavy atom. The first kappa shape index (κ1) is 14.0. The molecule has 0 aliphatic rings. The van der Waals surface area contributed by atoms with Gasteiger partial charge in [-0.15, -0.1) is 0 Å². The number of methoxy groups -OCH3 is 1. The lowest BCUT2D eigenvalue weighted by Gasteiger charge is -2.17. The molecule has 3 nitrogen and oxygen atoms in total. The van der Waals surface area contributed by atoms with Gasteiger partial charge in [-0.3, -0.25) is 0 Å². The summed E-state index contributed by atoms with van der Waals surface area (Å²) in [7, 11) is 1.63. The first-order valence-electron chi connectivity index (χ1n) is 6.22. The van der Waals surface area contributed by atoms with Crippen LogP contribution < -0.4 is 10.1 Å². The van der Waals surface area contributed by atoms with Crippen molar-refractivity contribution in [1.82, 2.24) is 5.32 Å². The van der Waals surface area contributed by atoms with Gasteiger partial charge in [0.15, 0.2) is 0 Å². The molecule has 0 saturated heterocycles. The maximum atomic E-state index is 10.0. The number of benzene rings is 1. The molecule has 0 saturated carbocycles. The fraction of sp³-hybridized carbons (Fsp3) is 0.571. The van der Waals surface area contributed by atoms with E-state index in [1.165, 1.54) is 0 Å². The van der Waals surface area contributed by atoms with Crippen LogP contribution in [-0.2, 0) is 0 Å². The lowest BCUT2D eigenvalue weighted by atomic mass is 10.1. The molecule has 2 atom stereocenters. The van der Waals surface area contributed by atoms with Crippen LogP contribution in [0.5, 0.6) is 5.75 Å². The molecular formula is C14H23NO2. The minimum atomic E-state index is -0.482. The Morgan fingerprint density at radius 1 is 1.41 bits per heavy atom. The molecule has 0 aliphatic carbocycles. The zero-order valence-corrected chi connectivity index (χ0v) is 10.9. The molecule has 0 heterocycles. The molecule has 17 heavy (non-hydrogen) atoms. The number of ether oxygens (including phenoxy) is 1. The van der Waals surface area contributed by atoms with Gasteiger partial charge in [0.05, 0.1) is 13.2 Å². The minimum Gasteiger partial charge on any atom is -0.497 e. The van der Waals surface area contributed by atoms with E-state index in [-0.39, 0.29) is 0 Å². The highest BCUT2D eigenvalue weighted by atomic mass is 16.5. The van der Waals surface area contributed by atoms with Crippen molar-refractivity contribution < 1.29 is 9.84 Å². The fourth-order valence-electron chi connectivity index (χ4n) is 1.81. The Hall–Kier alpha value is -1.06. The monoisotopic (exact) mass is 237 g/mol. The number of nitrogens with one attached hydrogen (secondary N) is 1. The van der Waals surface area contributed by atoms with Crippen LogP contribution in [0.4, 0.5) is 0 Å². The van der Waals surface area contributed by atoms with Crippen molar-refractivity contribution in [3.05, 3.63) is 29.8 Å². The first-order valence-corrected chi connectivity index (χ1v) is 6.22. The standard InChI is InChI=1S/C14H23NO2/c1-4-6-11(2)15-10-14(16)12-7-5-8-13(9-12)17-3/h5,7-9,11,14-16H,4,6,10H2,1-3H3. The minimum absolute atomic E-state index is 0.445. The molecule has 0 aliphatic heterocycles. The molecular weight excluding hydrogens is 214 g/mol. The Balaban J connectivity index is 2.48. The van der Waals surface area contributed by atoms with Crippen molar-refractivity contribution in [1.29, 1.82) is 0 Å². The van der Waals surface area contributed by atoms with Gasteiger partial charge < -0.3 is 15.2 Å². The third kappa shape index (κ3) is 4.75. The second-order valence-corrected chi connectivity index (χ2v) is 4.39. The van der Waals surface area contributed by atoms with Gasteiger partial charge in [0.2, 0.25) is 0 Å². The van der Waals surface area contributed by atoms with Crippen LogP contribution in [0.25, 0.3) is 0 Å². The largest absolute Gasteiger partial charge is 0.497 e. The van der Waals surface area contributed by atoms with Crippen LogP contribution in [0.1, 0.15) is 38.4 Å². The van der Waals surface area contributed by atoms with E-state index in [0.29, 0.717) is 12.6 Å². The van der Waals surface area contributed by atoms with Crippen molar-refractivity contribution in [3.8, 4) is 5.75 Å². The van der Waals surface area contributed by atoms with Crippen LogP contribution in [0, 0.1) is 0 Å². The van der Waals surface area contributed by atoms with E-state index < -0.39 is 6.10 Å². The summed E-state index contributed by atoms with van der Waals surface area (Å²) in [5, 5.41) is 13.4. The molecule has 3 heteroatoms. The molecule has 0 radical (unpaired) electrons. The third-order valence-corrected chi connectivity index (χ3v) is 2.86. The summed E-state index contributed by atoms with van der Waals surface area (Å²) in [5.41, 5.74) is 0.889. The number of rotatable bonds is 7. The van der Waals surface area contributed by atoms with Gasteiger partial charge in [-0.25, -0.2) is 0 Å². The molecule has 2 N–H and O–H groups in total. The number of aliphatic hydroxyl groups is 1. The normalized spacial score (nSPS) is 14.4. The number of aliphatic hydroxyl groups excluding tert-OH is 1. The van der Waals surface area contributed by atoms with Gasteiger partial charge in [-0.2, -0.15) is 0 Å². The van der Waals surface area contributed by atoms with Crippen molar-refractivity contribution >= 4 is 0 Å². The quantitative estimate of drug-likeness (QED) is 0.765. The predicted molar refractivity (Wildman–Crippen MR) is 70.3 cm³/mol. The Bertz CT molecular complexity index is 328. The summed E-state index contributed by atoms with van der Waals surface area (Å²) in [6, 6.07) is 8.01. The van der Waals surface area contributed by atoms with E-state index in [4.69, 9.17) is 4.74 Å². The smallest absolute Gasteiger partial charge is 0.119 e. The summed E-state index contributed by atoms with van der Waals surface area (Å²) in [6.07, 6.45) is 1.80. The summed E-state index contributed by atoms with van der Waals surface area (Å²) in [4.78, 5) is 0. The molecule has 1 aromatic rings. The molecule has 0 amide bonds. The molecule has 0 fully saturated rings. The van der Waals surface area contributed by atoms with E-state index in [9.17, 15) is 5.11 Å². The van der Waals surface area contributed by atoms with Gasteiger partial charge in [0.1, 0.15) is 5.75 Å². The van der Waals surface area contributed by atoms with Gasteiger partial charge in [0, 0.05) is 12.6 Å². The van der Waals surface area contributed by atoms with Crippen molar-refractivity contribution in [2.75, 3.05) is 13.7 Å². The van der Waals surface area contributed by atoms with Crippen molar-refractivity contribution in [3.63, 3.8) is 0 Å². The van der Waals surface area contributed by atoms with E-state index in [2.05, 4.69) is 19.2 Å². The van der Waals surface area contributed by atoms with E-state index in [1.54, 1.807) is 7.11 Å². The third-order valence-electron chi connectivity index (χ3n) is 2.86. The van der Waals surface area contributed by atoms with Crippen molar-refractivity contribution in [2.24, 2.45) is 0 Å². The maximum absolute atomic E-state index is 10.0. The van der Waals surface area contributed by atoms with Crippen LogP contribution >= 0.6 is 0 Å². The van der Waals surface area contributed by atoms with Crippen molar-refractivity contribution in [2.45, 2.75) is 38.8 Å². The second-order valence-electron chi connectivity index (χ2n) is 4.39. The second kappa shape index (κ2) is 7.30. The van der Waals surface area contributed by atoms with Gasteiger partial charge in [-0.1, -0.05) is 25.5 Å². The van der Waals surface area contributed by atoms with Gasteiger partial charge in [-0.05, 0) is 31.0 Å². The van der Waals surface area contributed by atoms with Gasteiger partial charge in [0.25, 0.3) is 0 Å². The topological polar surface area (TPSA) is 41.5 Å². The van der Waals surface area contributed by atoms with Crippen LogP contribution in [0.2, 0.25) is 0 Å². The molecule has 1 aromatic carbocycles. The van der Waals surface area contributed by atoms with E-state index in [0.717, 1.165) is 24.2 Å². The van der Waals surface area contributed by atoms with E-state index in [1.807, 2.05) is 24.3 Å². The Kier molecular flexibility index (Phi) is 6.01. The summed E-state index contributed by atoms with van der Waals surface area (Å²) >= 11 is 0. The highest BCUT2D eigenvalue weighted by Crippen LogP contribution is 2.18. The predicted octanol–water partition coefficient (Wildman–Crippen LogP) is 2.51. The zero-order valence-electron chi connectivity index (χ0n) is 10.9. The Labute approximate surface area is 104 Å². The van der Waals surface area contributed by atoms with Crippen LogP contribution in [0.3, 0.4) is 0 Å². The zero-order chi connectivity index (χ0) is 12.7. The summed E-state index contributed by atoms with van der Waals surface area (Å²) in [5.74, 6) is 0.781.